The number of nitrogens with zero attached hydrogens (tertiary/aromatic N) is 2. The van der Waals surface area contributed by atoms with Crippen LogP contribution < -0.4 is 10.6 Å². The Morgan fingerprint density at radius 2 is 2.09 bits per heavy atom. The van der Waals surface area contributed by atoms with Crippen molar-refractivity contribution in [2.75, 3.05) is 17.6 Å². The maximum absolute atomic E-state index is 12.8. The van der Waals surface area contributed by atoms with Gasteiger partial charge in [0.05, 0.1) is 5.75 Å². The highest BCUT2D eigenvalue weighted by Gasteiger charge is 2.22. The van der Waals surface area contributed by atoms with Gasteiger partial charge in [0.2, 0.25) is 11.0 Å². The van der Waals surface area contributed by atoms with Gasteiger partial charge in [0, 0.05) is 12.6 Å². The normalized spacial score (nSPS) is 13.8. The minimum Gasteiger partial charge on any atom is -0.357 e. The summed E-state index contributed by atoms with van der Waals surface area (Å²) in [6.07, 6.45) is 3.07. The number of rotatable bonds is 8. The molecule has 1 saturated carbocycles. The summed E-state index contributed by atoms with van der Waals surface area (Å²) in [6, 6.07) is 6.86. The first kappa shape index (κ1) is 16.2. The molecule has 0 bridgehead atoms. The second kappa shape index (κ2) is 7.74. The van der Waals surface area contributed by atoms with Crippen LogP contribution in [0.1, 0.15) is 18.4 Å². The molecule has 3 rings (SSSR count). The Hall–Kier alpha value is -1.67. The lowest BCUT2D eigenvalue weighted by Gasteiger charge is -2.04. The fourth-order valence-electron chi connectivity index (χ4n) is 1.90. The van der Waals surface area contributed by atoms with Crippen LogP contribution in [0.5, 0.6) is 0 Å². The smallest absolute Gasteiger partial charge is 0.230 e. The molecule has 1 aliphatic carbocycles. The molecule has 0 atom stereocenters. The molecule has 0 radical (unpaired) electrons. The Labute approximate surface area is 142 Å². The van der Waals surface area contributed by atoms with Crippen molar-refractivity contribution in [2.45, 2.75) is 29.6 Å². The number of amides is 1. The molecule has 1 fully saturated rings. The maximum atomic E-state index is 12.8. The fourth-order valence-corrected chi connectivity index (χ4v) is 3.56. The number of anilines is 1. The zero-order chi connectivity index (χ0) is 16.1. The number of hydrogen-bond donors (Lipinski definition) is 2. The molecular weight excluding hydrogens is 335 g/mol. The van der Waals surface area contributed by atoms with E-state index in [0.29, 0.717) is 24.8 Å². The molecule has 0 spiro atoms. The molecular formula is C15H17FN4OS2. The number of thioether (sulfide) groups is 1. The zero-order valence-corrected chi connectivity index (χ0v) is 14.1. The van der Waals surface area contributed by atoms with Crippen LogP contribution in [0, 0.1) is 5.82 Å². The Morgan fingerprint density at radius 1 is 1.30 bits per heavy atom. The molecule has 1 aliphatic rings. The molecule has 0 aliphatic heterocycles. The molecule has 1 amide bonds. The van der Waals surface area contributed by atoms with Gasteiger partial charge in [-0.25, -0.2) is 4.39 Å². The lowest BCUT2D eigenvalue weighted by Crippen LogP contribution is -2.27. The van der Waals surface area contributed by atoms with E-state index in [1.54, 1.807) is 12.1 Å². The van der Waals surface area contributed by atoms with Crippen LogP contribution in [0.4, 0.5) is 9.52 Å². The van der Waals surface area contributed by atoms with Gasteiger partial charge in [0.15, 0.2) is 4.34 Å². The third-order valence-electron chi connectivity index (χ3n) is 3.29. The van der Waals surface area contributed by atoms with Crippen molar-refractivity contribution >= 4 is 34.1 Å². The molecule has 5 nitrogen and oxygen atoms in total. The molecule has 122 valence electrons. The first-order valence-electron chi connectivity index (χ1n) is 7.43. The Balaban J connectivity index is 1.34. The summed E-state index contributed by atoms with van der Waals surface area (Å²) in [5.41, 5.74) is 0.999. The average molecular weight is 352 g/mol. The monoisotopic (exact) mass is 352 g/mol. The molecule has 1 aromatic carbocycles. The third-order valence-corrected chi connectivity index (χ3v) is 5.28. The van der Waals surface area contributed by atoms with E-state index in [4.69, 9.17) is 0 Å². The minimum atomic E-state index is -0.248. The van der Waals surface area contributed by atoms with Crippen LogP contribution in [0.15, 0.2) is 28.6 Å². The van der Waals surface area contributed by atoms with E-state index in [9.17, 15) is 9.18 Å². The average Bonchev–Trinajstić information content (AvgIpc) is 3.24. The predicted octanol–water partition coefficient (Wildman–Crippen LogP) is 2.70. The molecule has 1 aromatic heterocycles. The van der Waals surface area contributed by atoms with Crippen molar-refractivity contribution in [3.8, 4) is 0 Å². The summed E-state index contributed by atoms with van der Waals surface area (Å²) in [7, 11) is 0. The largest absolute Gasteiger partial charge is 0.357 e. The summed E-state index contributed by atoms with van der Waals surface area (Å²) < 4.78 is 13.6. The van der Waals surface area contributed by atoms with Gasteiger partial charge in [0.25, 0.3) is 0 Å². The SMILES string of the molecule is O=C(CSc1nnc(NC2CC2)s1)NCCc1ccc(F)cc1. The zero-order valence-electron chi connectivity index (χ0n) is 12.4. The van der Waals surface area contributed by atoms with E-state index in [-0.39, 0.29) is 11.7 Å². The van der Waals surface area contributed by atoms with Crippen LogP contribution in [-0.4, -0.2) is 34.4 Å². The second-order valence-corrected chi connectivity index (χ2v) is 7.51. The molecule has 0 saturated heterocycles. The number of halogens is 1. The predicted molar refractivity (Wildman–Crippen MR) is 90.4 cm³/mol. The molecule has 2 N–H and O–H groups in total. The lowest BCUT2D eigenvalue weighted by atomic mass is 10.1. The van der Waals surface area contributed by atoms with Crippen LogP contribution in [0.2, 0.25) is 0 Å². The first-order valence-corrected chi connectivity index (χ1v) is 9.23. The van der Waals surface area contributed by atoms with Gasteiger partial charge in [-0.15, -0.1) is 10.2 Å². The highest BCUT2D eigenvalue weighted by atomic mass is 32.2. The van der Waals surface area contributed by atoms with E-state index in [1.165, 1.54) is 48.1 Å². The molecule has 2 aromatic rings. The van der Waals surface area contributed by atoms with Gasteiger partial charge >= 0.3 is 0 Å². The van der Waals surface area contributed by atoms with Crippen molar-refractivity contribution in [3.05, 3.63) is 35.6 Å². The van der Waals surface area contributed by atoms with Crippen molar-refractivity contribution in [1.82, 2.24) is 15.5 Å². The number of nitrogens with one attached hydrogen (secondary N) is 2. The summed E-state index contributed by atoms with van der Waals surface area (Å²) in [5.74, 6) is 0.0346. The van der Waals surface area contributed by atoms with Gasteiger partial charge in [-0.05, 0) is 37.0 Å². The Bertz CT molecular complexity index is 658. The van der Waals surface area contributed by atoms with Crippen molar-refractivity contribution in [3.63, 3.8) is 0 Å². The maximum Gasteiger partial charge on any atom is 0.230 e. The number of hydrogen-bond acceptors (Lipinski definition) is 6. The highest BCUT2D eigenvalue weighted by molar-refractivity contribution is 8.01. The van der Waals surface area contributed by atoms with E-state index in [2.05, 4.69) is 20.8 Å². The van der Waals surface area contributed by atoms with E-state index in [0.717, 1.165) is 15.0 Å². The highest BCUT2D eigenvalue weighted by Crippen LogP contribution is 2.29. The van der Waals surface area contributed by atoms with Crippen molar-refractivity contribution in [1.29, 1.82) is 0 Å². The van der Waals surface area contributed by atoms with Gasteiger partial charge in [-0.3, -0.25) is 4.79 Å². The van der Waals surface area contributed by atoms with Crippen LogP contribution in [-0.2, 0) is 11.2 Å². The fraction of sp³-hybridized carbons (Fsp3) is 0.400. The van der Waals surface area contributed by atoms with Gasteiger partial charge in [-0.1, -0.05) is 35.2 Å². The lowest BCUT2D eigenvalue weighted by molar-refractivity contribution is -0.118. The Kier molecular flexibility index (Phi) is 5.45. The Morgan fingerprint density at radius 3 is 2.83 bits per heavy atom. The van der Waals surface area contributed by atoms with E-state index in [1.807, 2.05) is 0 Å². The summed E-state index contributed by atoms with van der Waals surface area (Å²) in [6.45, 7) is 0.537. The van der Waals surface area contributed by atoms with E-state index < -0.39 is 0 Å². The van der Waals surface area contributed by atoms with Gasteiger partial charge in [0.1, 0.15) is 5.82 Å². The third kappa shape index (κ3) is 5.47. The number of carbonyl (C=O) groups is 1. The standard InChI is InChI=1S/C15H17FN4OS2/c16-11-3-1-10(2-4-11)7-8-17-13(21)9-22-15-20-19-14(23-15)18-12-5-6-12/h1-4,12H,5-9H2,(H,17,21)(H,18,19). The van der Waals surface area contributed by atoms with Crippen molar-refractivity contribution < 1.29 is 9.18 Å². The molecule has 8 heteroatoms. The summed E-state index contributed by atoms with van der Waals surface area (Å²) in [4.78, 5) is 11.8. The topological polar surface area (TPSA) is 66.9 Å². The van der Waals surface area contributed by atoms with Crippen molar-refractivity contribution in [2.24, 2.45) is 0 Å². The number of aromatic nitrogens is 2. The minimum absolute atomic E-state index is 0.0380. The molecule has 23 heavy (non-hydrogen) atoms. The van der Waals surface area contributed by atoms with Gasteiger partial charge in [-0.2, -0.15) is 0 Å². The number of carbonyl (C=O) groups excluding carboxylic acids is 1. The molecule has 0 unspecified atom stereocenters. The van der Waals surface area contributed by atoms with Crippen LogP contribution in [0.3, 0.4) is 0 Å². The first-order chi connectivity index (χ1) is 11.2. The van der Waals surface area contributed by atoms with Gasteiger partial charge < -0.3 is 10.6 Å². The molecule has 1 heterocycles. The van der Waals surface area contributed by atoms with Crippen LogP contribution in [0.25, 0.3) is 0 Å². The quantitative estimate of drug-likeness (QED) is 0.715. The van der Waals surface area contributed by atoms with E-state index >= 15 is 0 Å². The van der Waals surface area contributed by atoms with Crippen LogP contribution >= 0.6 is 23.1 Å². The summed E-state index contributed by atoms with van der Waals surface area (Å²) in [5, 5.41) is 15.1. The summed E-state index contributed by atoms with van der Waals surface area (Å²) >= 11 is 2.87. The second-order valence-electron chi connectivity index (χ2n) is 5.31. The number of benzene rings is 1.